The van der Waals surface area contributed by atoms with Crippen LogP contribution in [0.3, 0.4) is 0 Å². The maximum absolute atomic E-state index is 12.8. The van der Waals surface area contributed by atoms with Crippen LogP contribution in [0.1, 0.15) is 0 Å². The first-order valence-corrected chi connectivity index (χ1v) is 12.3. The number of nitrogens with zero attached hydrogens (tertiary/aromatic N) is 5. The number of furan rings is 1. The Morgan fingerprint density at radius 3 is 2.48 bits per heavy atom. The van der Waals surface area contributed by atoms with E-state index in [1.807, 2.05) is 7.05 Å². The molecule has 31 heavy (non-hydrogen) atoms. The summed E-state index contributed by atoms with van der Waals surface area (Å²) in [6.07, 6.45) is 1.56. The van der Waals surface area contributed by atoms with Gasteiger partial charge in [0.15, 0.2) is 16.7 Å². The maximum Gasteiger partial charge on any atom is 0.243 e. The van der Waals surface area contributed by atoms with Gasteiger partial charge in [-0.25, -0.2) is 8.42 Å². The standard InChI is InChI=1S/C19H20ClN5O4S2/c1-23-18(16-3-2-12-29-16)21-22-19(23)30-13-17(26)24-8-10-25(11-9-24)31(27,28)15-6-4-14(20)5-7-15/h2-7,12H,8-11,13H2,1H3. The van der Waals surface area contributed by atoms with Crippen molar-refractivity contribution in [3.63, 3.8) is 0 Å². The van der Waals surface area contributed by atoms with E-state index in [1.54, 1.807) is 40.0 Å². The lowest BCUT2D eigenvalue weighted by Crippen LogP contribution is -2.50. The number of aromatic nitrogens is 3. The minimum atomic E-state index is -3.61. The minimum Gasteiger partial charge on any atom is -0.461 e. The summed E-state index contributed by atoms with van der Waals surface area (Å²) in [5.74, 6) is 1.30. The van der Waals surface area contributed by atoms with Crippen LogP contribution in [0.2, 0.25) is 5.02 Å². The molecule has 0 radical (unpaired) electrons. The summed E-state index contributed by atoms with van der Waals surface area (Å²) < 4.78 is 34.1. The number of amides is 1. The Hall–Kier alpha value is -2.34. The van der Waals surface area contributed by atoms with Gasteiger partial charge in [-0.05, 0) is 36.4 Å². The van der Waals surface area contributed by atoms with Crippen LogP contribution in [0.4, 0.5) is 0 Å². The largest absolute Gasteiger partial charge is 0.461 e. The van der Waals surface area contributed by atoms with Gasteiger partial charge in [0.05, 0.1) is 16.9 Å². The highest BCUT2D eigenvalue weighted by Gasteiger charge is 2.30. The second kappa shape index (κ2) is 9.03. The molecule has 164 valence electrons. The molecule has 0 spiro atoms. The summed E-state index contributed by atoms with van der Waals surface area (Å²) in [6.45, 7) is 1.16. The number of benzene rings is 1. The van der Waals surface area contributed by atoms with Gasteiger partial charge < -0.3 is 13.9 Å². The lowest BCUT2D eigenvalue weighted by atomic mass is 10.3. The molecular formula is C19H20ClN5O4S2. The van der Waals surface area contributed by atoms with Gasteiger partial charge in [-0.1, -0.05) is 23.4 Å². The molecular weight excluding hydrogens is 462 g/mol. The van der Waals surface area contributed by atoms with Gasteiger partial charge >= 0.3 is 0 Å². The van der Waals surface area contributed by atoms with E-state index in [4.69, 9.17) is 16.0 Å². The van der Waals surface area contributed by atoms with Crippen LogP contribution < -0.4 is 0 Å². The number of hydrogen-bond donors (Lipinski definition) is 0. The molecule has 1 aliphatic rings. The Morgan fingerprint density at radius 2 is 1.84 bits per heavy atom. The third-order valence-electron chi connectivity index (χ3n) is 4.94. The molecule has 0 bridgehead atoms. The van der Waals surface area contributed by atoms with E-state index < -0.39 is 10.0 Å². The third kappa shape index (κ3) is 4.64. The third-order valence-corrected chi connectivity index (χ3v) is 8.11. The van der Waals surface area contributed by atoms with Crippen molar-refractivity contribution < 1.29 is 17.6 Å². The van der Waals surface area contributed by atoms with Crippen molar-refractivity contribution in [2.45, 2.75) is 10.1 Å². The zero-order valence-corrected chi connectivity index (χ0v) is 19.0. The smallest absolute Gasteiger partial charge is 0.243 e. The average molecular weight is 482 g/mol. The molecule has 9 nitrogen and oxygen atoms in total. The topological polar surface area (TPSA) is 102 Å². The number of piperazine rings is 1. The van der Waals surface area contributed by atoms with Crippen LogP contribution in [-0.2, 0) is 21.9 Å². The summed E-state index contributed by atoms with van der Waals surface area (Å²) >= 11 is 7.13. The summed E-state index contributed by atoms with van der Waals surface area (Å²) in [4.78, 5) is 14.5. The van der Waals surface area contributed by atoms with E-state index >= 15 is 0 Å². The fourth-order valence-electron chi connectivity index (χ4n) is 3.21. The highest BCUT2D eigenvalue weighted by molar-refractivity contribution is 7.99. The number of hydrogen-bond acceptors (Lipinski definition) is 7. The predicted octanol–water partition coefficient (Wildman–Crippen LogP) is 2.35. The lowest BCUT2D eigenvalue weighted by Gasteiger charge is -2.34. The fourth-order valence-corrected chi connectivity index (χ4v) is 5.57. The predicted molar refractivity (Wildman–Crippen MR) is 116 cm³/mol. The molecule has 2 aromatic heterocycles. The molecule has 1 amide bonds. The number of halogens is 1. The van der Waals surface area contributed by atoms with Crippen molar-refractivity contribution in [1.29, 1.82) is 0 Å². The Kier molecular flexibility index (Phi) is 6.37. The SMILES string of the molecule is Cn1c(SCC(=O)N2CCN(S(=O)(=O)c3ccc(Cl)cc3)CC2)nnc1-c1ccco1. The molecule has 12 heteroatoms. The van der Waals surface area contributed by atoms with E-state index in [0.29, 0.717) is 34.9 Å². The van der Waals surface area contributed by atoms with Crippen LogP contribution in [0.15, 0.2) is 57.1 Å². The molecule has 0 saturated carbocycles. The summed E-state index contributed by atoms with van der Waals surface area (Å²) in [7, 11) is -1.80. The number of carbonyl (C=O) groups excluding carboxylic acids is 1. The van der Waals surface area contributed by atoms with E-state index in [0.717, 1.165) is 0 Å². The second-order valence-corrected chi connectivity index (χ2v) is 10.2. The molecule has 1 saturated heterocycles. The van der Waals surface area contributed by atoms with Gasteiger partial charge in [-0.2, -0.15) is 4.31 Å². The molecule has 0 N–H and O–H groups in total. The minimum absolute atomic E-state index is 0.0731. The van der Waals surface area contributed by atoms with Crippen LogP contribution in [0, 0.1) is 0 Å². The maximum atomic E-state index is 12.8. The van der Waals surface area contributed by atoms with Crippen LogP contribution in [-0.4, -0.2) is 70.2 Å². The van der Waals surface area contributed by atoms with Crippen molar-refractivity contribution in [1.82, 2.24) is 24.0 Å². The quantitative estimate of drug-likeness (QED) is 0.498. The zero-order valence-electron chi connectivity index (χ0n) is 16.6. The summed E-state index contributed by atoms with van der Waals surface area (Å²) in [5, 5.41) is 9.31. The summed E-state index contributed by atoms with van der Waals surface area (Å²) in [6, 6.07) is 9.65. The van der Waals surface area contributed by atoms with Gasteiger partial charge in [-0.3, -0.25) is 4.79 Å². The second-order valence-electron chi connectivity index (χ2n) is 6.87. The molecule has 4 rings (SSSR count). The molecule has 0 aliphatic carbocycles. The summed E-state index contributed by atoms with van der Waals surface area (Å²) in [5.41, 5.74) is 0. The van der Waals surface area contributed by atoms with Gasteiger partial charge in [0.2, 0.25) is 15.9 Å². The van der Waals surface area contributed by atoms with Gasteiger partial charge in [0.1, 0.15) is 0 Å². The van der Waals surface area contributed by atoms with Crippen molar-refractivity contribution in [2.24, 2.45) is 7.05 Å². The Labute approximate surface area is 189 Å². The van der Waals surface area contributed by atoms with Gasteiger partial charge in [0.25, 0.3) is 0 Å². The zero-order chi connectivity index (χ0) is 22.0. The van der Waals surface area contributed by atoms with Crippen molar-refractivity contribution in [3.05, 3.63) is 47.7 Å². The molecule has 3 aromatic rings. The first-order valence-electron chi connectivity index (χ1n) is 9.46. The molecule has 1 aromatic carbocycles. The number of thioether (sulfide) groups is 1. The van der Waals surface area contributed by atoms with Crippen molar-refractivity contribution in [2.75, 3.05) is 31.9 Å². The fraction of sp³-hybridized carbons (Fsp3) is 0.316. The Bertz CT molecular complexity index is 1150. The first-order chi connectivity index (χ1) is 14.9. The number of rotatable bonds is 6. The molecule has 0 atom stereocenters. The van der Waals surface area contributed by atoms with Crippen LogP contribution in [0.5, 0.6) is 0 Å². The van der Waals surface area contributed by atoms with Gasteiger partial charge in [0, 0.05) is 38.2 Å². The highest BCUT2D eigenvalue weighted by Crippen LogP contribution is 2.24. The van der Waals surface area contributed by atoms with E-state index in [2.05, 4.69) is 10.2 Å². The molecule has 0 unspecified atom stereocenters. The molecule has 1 aliphatic heterocycles. The average Bonchev–Trinajstić information content (AvgIpc) is 3.42. The molecule has 3 heterocycles. The number of sulfonamides is 1. The monoisotopic (exact) mass is 481 g/mol. The van der Waals surface area contributed by atoms with E-state index in [9.17, 15) is 13.2 Å². The number of carbonyl (C=O) groups is 1. The molecule has 1 fully saturated rings. The normalized spacial score (nSPS) is 15.4. The van der Waals surface area contributed by atoms with E-state index in [-0.39, 0.29) is 29.6 Å². The Morgan fingerprint density at radius 1 is 1.13 bits per heavy atom. The van der Waals surface area contributed by atoms with Crippen molar-refractivity contribution >= 4 is 39.3 Å². The lowest BCUT2D eigenvalue weighted by molar-refractivity contribution is -0.129. The highest BCUT2D eigenvalue weighted by atomic mass is 35.5. The van der Waals surface area contributed by atoms with Crippen LogP contribution in [0.25, 0.3) is 11.6 Å². The van der Waals surface area contributed by atoms with Crippen LogP contribution >= 0.6 is 23.4 Å². The van der Waals surface area contributed by atoms with Crippen molar-refractivity contribution in [3.8, 4) is 11.6 Å². The van der Waals surface area contributed by atoms with E-state index in [1.165, 1.54) is 28.2 Å². The van der Waals surface area contributed by atoms with Gasteiger partial charge in [-0.15, -0.1) is 10.2 Å². The first kappa shape index (κ1) is 21.9. The Balaban J connectivity index is 1.32.